The number of nitrogens with zero attached hydrogens (tertiary/aromatic N) is 2. The molecule has 0 atom stereocenters. The van der Waals surface area contributed by atoms with E-state index in [2.05, 4.69) is 35.0 Å². The molecule has 0 bridgehead atoms. The summed E-state index contributed by atoms with van der Waals surface area (Å²) in [4.78, 5) is 6.80. The molecule has 0 amide bonds. The summed E-state index contributed by atoms with van der Waals surface area (Å²) in [5.74, 6) is 0. The number of para-hydroxylation sites is 2. The molecule has 0 heterocycles. The molecule has 0 fully saturated rings. The van der Waals surface area contributed by atoms with Crippen molar-refractivity contribution in [1.29, 1.82) is 0 Å². The summed E-state index contributed by atoms with van der Waals surface area (Å²) in [5, 5.41) is 4.45. The molecule has 0 unspecified atom stereocenters. The van der Waals surface area contributed by atoms with Crippen molar-refractivity contribution in [1.82, 2.24) is 0 Å². The number of thioether (sulfide) groups is 2. The van der Waals surface area contributed by atoms with Gasteiger partial charge in [-0.05, 0) is 35.6 Å². The van der Waals surface area contributed by atoms with Crippen LogP contribution in [-0.4, -0.2) is 18.7 Å². The Balaban J connectivity index is 0.00000242. The first-order valence-electron chi connectivity index (χ1n) is 6.51. The molecule has 0 spiro atoms. The molecule has 22 heavy (non-hydrogen) atoms. The molecule has 2 nitrogen and oxygen atoms in total. The van der Waals surface area contributed by atoms with Crippen molar-refractivity contribution in [3.05, 3.63) is 66.1 Å². The quantitative estimate of drug-likeness (QED) is 0.464. The Labute approximate surface area is 153 Å². The van der Waals surface area contributed by atoms with Crippen LogP contribution in [0.3, 0.4) is 0 Å². The van der Waals surface area contributed by atoms with E-state index in [1.807, 2.05) is 42.5 Å². The van der Waals surface area contributed by atoms with Gasteiger partial charge in [0.1, 0.15) is 0 Å². The molecule has 0 saturated carbocycles. The van der Waals surface area contributed by atoms with E-state index in [4.69, 9.17) is 0 Å². The zero-order valence-electron chi connectivity index (χ0n) is 13.1. The minimum atomic E-state index is 0. The van der Waals surface area contributed by atoms with Crippen molar-refractivity contribution in [2.75, 3.05) is 12.5 Å². The van der Waals surface area contributed by atoms with Crippen molar-refractivity contribution >= 4 is 41.1 Å². The van der Waals surface area contributed by atoms with Crippen LogP contribution in [0.2, 0.25) is 0 Å². The summed E-state index contributed by atoms with van der Waals surface area (Å²) in [6.07, 6.45) is 9.52. The second-order valence-corrected chi connectivity index (χ2v) is 5.79. The Morgan fingerprint density at radius 2 is 1.55 bits per heavy atom. The van der Waals surface area contributed by atoms with E-state index in [-0.39, 0.29) is 18.9 Å². The third-order valence-corrected chi connectivity index (χ3v) is 4.34. The predicted octanol–water partition coefficient (Wildman–Crippen LogP) is 3.06. The summed E-state index contributed by atoms with van der Waals surface area (Å²) >= 11 is 3.39. The van der Waals surface area contributed by atoms with Crippen LogP contribution in [0.4, 0.5) is 11.4 Å². The zero-order valence-corrected chi connectivity index (χ0v) is 14.7. The van der Waals surface area contributed by atoms with Crippen molar-refractivity contribution in [3.8, 4) is 0 Å². The maximum absolute atomic E-state index is 4.45. The van der Waals surface area contributed by atoms with Crippen LogP contribution in [0.1, 0.15) is 0 Å². The number of aliphatic imine (C=N–C) groups is 1. The first-order chi connectivity index (χ1) is 10.3. The molecular weight excluding hydrogens is 303 g/mol. The van der Waals surface area contributed by atoms with Crippen molar-refractivity contribution in [3.63, 3.8) is 0 Å². The first kappa shape index (κ1) is 19.0. The van der Waals surface area contributed by atoms with Crippen LogP contribution in [0, 0.1) is 0 Å². The minimum Gasteiger partial charge on any atom is -0.663 e. The molecule has 5 heteroatoms. The standard InChI is InChI=1S/C17H17N2S2.Li/c1-20-16-10-5-3-8-14(16)18-12-7-13-19-15-9-4-6-11-17(15)21-2;/h3-13H,1-2H3;/q-1;+1/b12-7-,19-13?;. The van der Waals surface area contributed by atoms with Gasteiger partial charge in [0.25, 0.3) is 0 Å². The van der Waals surface area contributed by atoms with Gasteiger partial charge in [-0.15, -0.1) is 29.2 Å². The Morgan fingerprint density at radius 3 is 2.27 bits per heavy atom. The second kappa shape index (κ2) is 10.6. The third-order valence-electron chi connectivity index (χ3n) is 2.77. The summed E-state index contributed by atoms with van der Waals surface area (Å²) < 4.78 is 0. The first-order valence-corrected chi connectivity index (χ1v) is 8.96. The monoisotopic (exact) mass is 320 g/mol. The summed E-state index contributed by atoms with van der Waals surface area (Å²) in [6.45, 7) is 0. The average molecular weight is 320 g/mol. The van der Waals surface area contributed by atoms with Crippen LogP contribution in [0.5, 0.6) is 0 Å². The minimum absolute atomic E-state index is 0. The largest absolute Gasteiger partial charge is 1.00 e. The van der Waals surface area contributed by atoms with Gasteiger partial charge in [-0.25, -0.2) is 0 Å². The van der Waals surface area contributed by atoms with Crippen LogP contribution >= 0.6 is 23.5 Å². The smallest absolute Gasteiger partial charge is 0.663 e. The van der Waals surface area contributed by atoms with Gasteiger partial charge in [0.05, 0.1) is 5.69 Å². The van der Waals surface area contributed by atoms with Crippen molar-refractivity contribution < 1.29 is 18.9 Å². The van der Waals surface area contributed by atoms with Gasteiger partial charge < -0.3 is 5.32 Å². The SMILES string of the molecule is CSc1ccccc1N=C/C=C\[N-]c1ccccc1SC.[Li+]. The fourth-order valence-corrected chi connectivity index (χ4v) is 2.85. The number of hydrogen-bond donors (Lipinski definition) is 0. The van der Waals surface area contributed by atoms with Crippen LogP contribution in [0.15, 0.2) is 75.6 Å². The van der Waals surface area contributed by atoms with Crippen LogP contribution in [0.25, 0.3) is 5.32 Å². The fraction of sp³-hybridized carbons (Fsp3) is 0.118. The molecule has 0 N–H and O–H groups in total. The Hall–Kier alpha value is -1.05. The van der Waals surface area contributed by atoms with Gasteiger partial charge in [0.15, 0.2) is 0 Å². The molecule has 0 aliphatic rings. The second-order valence-electron chi connectivity index (χ2n) is 4.09. The van der Waals surface area contributed by atoms with E-state index >= 15 is 0 Å². The van der Waals surface area contributed by atoms with Gasteiger partial charge in [0.2, 0.25) is 0 Å². The normalized spacial score (nSPS) is 10.8. The summed E-state index contributed by atoms with van der Waals surface area (Å²) in [6, 6.07) is 16.2. The summed E-state index contributed by atoms with van der Waals surface area (Å²) in [5.41, 5.74) is 1.97. The van der Waals surface area contributed by atoms with E-state index in [0.717, 1.165) is 11.4 Å². The molecule has 2 rings (SSSR count). The summed E-state index contributed by atoms with van der Waals surface area (Å²) in [7, 11) is 0. The van der Waals surface area contributed by atoms with Crippen molar-refractivity contribution in [2.24, 2.45) is 4.99 Å². The third kappa shape index (κ3) is 5.62. The molecule has 0 saturated heterocycles. The van der Waals surface area contributed by atoms with E-state index in [9.17, 15) is 0 Å². The number of benzene rings is 2. The molecule has 0 aromatic heterocycles. The average Bonchev–Trinajstić information content (AvgIpc) is 2.55. The van der Waals surface area contributed by atoms with Gasteiger partial charge in [-0.3, -0.25) is 4.99 Å². The van der Waals surface area contributed by atoms with Crippen LogP contribution in [-0.2, 0) is 0 Å². The molecular formula is C17H17LiN2S2. The van der Waals surface area contributed by atoms with Gasteiger partial charge >= 0.3 is 18.9 Å². The van der Waals surface area contributed by atoms with E-state index in [1.165, 1.54) is 9.79 Å². The fourth-order valence-electron chi connectivity index (χ4n) is 1.76. The number of allylic oxidation sites excluding steroid dienone is 1. The predicted molar refractivity (Wildman–Crippen MR) is 96.8 cm³/mol. The molecule has 2 aromatic rings. The van der Waals surface area contributed by atoms with E-state index in [1.54, 1.807) is 35.9 Å². The molecule has 0 aliphatic carbocycles. The van der Waals surface area contributed by atoms with E-state index in [0.29, 0.717) is 0 Å². The Kier molecular flexibility index (Phi) is 9.18. The topological polar surface area (TPSA) is 26.5 Å². The van der Waals surface area contributed by atoms with Gasteiger partial charge in [0, 0.05) is 11.1 Å². The number of hydrogen-bond acceptors (Lipinski definition) is 3. The zero-order chi connectivity index (χ0) is 14.9. The van der Waals surface area contributed by atoms with E-state index < -0.39 is 0 Å². The molecule has 0 radical (unpaired) electrons. The van der Waals surface area contributed by atoms with Gasteiger partial charge in [-0.1, -0.05) is 36.4 Å². The Bertz CT molecular complexity index is 642. The van der Waals surface area contributed by atoms with Gasteiger partial charge in [-0.2, -0.15) is 6.20 Å². The molecule has 2 aromatic carbocycles. The van der Waals surface area contributed by atoms with Crippen molar-refractivity contribution in [2.45, 2.75) is 9.79 Å². The number of rotatable bonds is 6. The molecule has 108 valence electrons. The Morgan fingerprint density at radius 1 is 0.909 bits per heavy atom. The maximum Gasteiger partial charge on any atom is 1.00 e. The van der Waals surface area contributed by atoms with Crippen LogP contribution < -0.4 is 18.9 Å². The molecule has 0 aliphatic heterocycles. The maximum atomic E-state index is 4.45.